The molecule has 264 valence electrons. The summed E-state index contributed by atoms with van der Waals surface area (Å²) in [6.07, 6.45) is 2.21. The molecule has 55 heavy (non-hydrogen) atoms. The van der Waals surface area contributed by atoms with Gasteiger partial charge in [-0.15, -0.1) is 0 Å². The number of nitrogens with one attached hydrogen (secondary N) is 2. The maximum Gasteiger partial charge on any atom is 0.111 e. The highest BCUT2D eigenvalue weighted by Gasteiger charge is 2.25. The van der Waals surface area contributed by atoms with E-state index in [1.54, 1.807) is 0 Å². The molecule has 0 aromatic heterocycles. The van der Waals surface area contributed by atoms with Crippen LogP contribution in [0.15, 0.2) is 182 Å². The van der Waals surface area contributed by atoms with Crippen molar-refractivity contribution in [3.8, 4) is 22.3 Å². The van der Waals surface area contributed by atoms with Gasteiger partial charge in [0.2, 0.25) is 0 Å². The van der Waals surface area contributed by atoms with Crippen molar-refractivity contribution in [3.63, 3.8) is 0 Å². The Balaban J connectivity index is 1.21. The zero-order valence-corrected chi connectivity index (χ0v) is 31.6. The van der Waals surface area contributed by atoms with Gasteiger partial charge in [0.15, 0.2) is 0 Å². The van der Waals surface area contributed by atoms with E-state index < -0.39 is 7.14 Å². The van der Waals surface area contributed by atoms with Gasteiger partial charge in [-0.25, -0.2) is 0 Å². The SMILES string of the molecule is CP(C)(=O)c1c2ccccc2c(-c2ccc(-c3ccc4c(c3)/C(=C(/C(=N)c3ccccc3)c3ccccc3)NC(c3ccccc3)=C4)cc2)c2ccccc12. The van der Waals surface area contributed by atoms with Gasteiger partial charge in [-0.1, -0.05) is 176 Å². The second kappa shape index (κ2) is 14.0. The van der Waals surface area contributed by atoms with Crippen molar-refractivity contribution in [1.29, 1.82) is 5.41 Å². The number of hydrogen-bond acceptors (Lipinski definition) is 3. The lowest BCUT2D eigenvalue weighted by atomic mass is 9.86. The first-order chi connectivity index (χ1) is 26.8. The summed E-state index contributed by atoms with van der Waals surface area (Å²) in [5.74, 6) is 0. The van der Waals surface area contributed by atoms with Crippen LogP contribution in [0, 0.1) is 5.41 Å². The summed E-state index contributed by atoms with van der Waals surface area (Å²) in [6, 6.07) is 62.8. The molecule has 0 unspecified atom stereocenters. The van der Waals surface area contributed by atoms with E-state index in [9.17, 15) is 9.97 Å². The quantitative estimate of drug-likeness (QED) is 0.0976. The van der Waals surface area contributed by atoms with Crippen molar-refractivity contribution in [2.45, 2.75) is 0 Å². The number of allylic oxidation sites excluding steroid dienone is 1. The Hall–Kier alpha value is -6.54. The van der Waals surface area contributed by atoms with E-state index >= 15 is 0 Å². The van der Waals surface area contributed by atoms with Crippen LogP contribution in [0.3, 0.4) is 0 Å². The number of rotatable bonds is 7. The van der Waals surface area contributed by atoms with Gasteiger partial charge in [-0.05, 0) is 86.0 Å². The lowest BCUT2D eigenvalue weighted by molar-refractivity contribution is 0.588. The van der Waals surface area contributed by atoms with Crippen LogP contribution in [0.4, 0.5) is 0 Å². The van der Waals surface area contributed by atoms with Crippen LogP contribution >= 0.6 is 7.14 Å². The topological polar surface area (TPSA) is 53.0 Å². The minimum atomic E-state index is -2.58. The molecule has 4 heteroatoms. The minimum absolute atomic E-state index is 0.456. The van der Waals surface area contributed by atoms with Crippen molar-refractivity contribution >= 4 is 62.7 Å². The molecule has 0 saturated carbocycles. The van der Waals surface area contributed by atoms with Crippen molar-refractivity contribution < 1.29 is 4.57 Å². The average molecular weight is 727 g/mol. The molecule has 0 bridgehead atoms. The van der Waals surface area contributed by atoms with Crippen LogP contribution in [0.5, 0.6) is 0 Å². The number of fused-ring (bicyclic) bond motifs is 3. The Morgan fingerprint density at radius 3 is 1.58 bits per heavy atom. The Labute approximate surface area is 322 Å². The Morgan fingerprint density at radius 1 is 0.509 bits per heavy atom. The largest absolute Gasteiger partial charge is 0.354 e. The Morgan fingerprint density at radius 2 is 1.00 bits per heavy atom. The lowest BCUT2D eigenvalue weighted by Crippen LogP contribution is -2.20. The summed E-state index contributed by atoms with van der Waals surface area (Å²) in [5, 5.41) is 18.7. The molecule has 0 saturated heterocycles. The second-order valence-corrected chi connectivity index (χ2v) is 17.6. The van der Waals surface area contributed by atoms with Crippen LogP contribution in [0.25, 0.3) is 66.8 Å². The van der Waals surface area contributed by atoms with Crippen LogP contribution in [-0.4, -0.2) is 19.0 Å². The normalized spacial score (nSPS) is 13.5. The van der Waals surface area contributed by atoms with Gasteiger partial charge in [0.1, 0.15) is 7.14 Å². The zero-order chi connectivity index (χ0) is 37.5. The van der Waals surface area contributed by atoms with Crippen molar-refractivity contribution in [2.75, 3.05) is 13.3 Å². The standard InChI is InChI=1S/C51H39N2OP/c1-55(2,54)51-43-24-14-12-22-41(43)47(42-23-13-15-25-44(42)51)37-28-26-34(27-29-37)39-30-31-40-33-46(35-16-6-3-7-17-35)53-50(45(40)32-39)48(36-18-8-4-9-19-36)49(52)38-20-10-5-11-21-38/h3-33,52-53H,1-2H3/b50-48-,52-49?. The molecule has 0 spiro atoms. The van der Waals surface area contributed by atoms with Crippen LogP contribution in [-0.2, 0) is 4.57 Å². The van der Waals surface area contributed by atoms with Gasteiger partial charge in [-0.3, -0.25) is 5.41 Å². The molecule has 0 amide bonds. The average Bonchev–Trinajstić information content (AvgIpc) is 3.23. The summed E-state index contributed by atoms with van der Waals surface area (Å²) in [6.45, 7) is 3.74. The molecule has 0 fully saturated rings. The predicted octanol–water partition coefficient (Wildman–Crippen LogP) is 12.6. The summed E-state index contributed by atoms with van der Waals surface area (Å²) < 4.78 is 13.7. The van der Waals surface area contributed by atoms with Gasteiger partial charge in [0.25, 0.3) is 0 Å². The minimum Gasteiger partial charge on any atom is -0.354 e. The highest BCUT2D eigenvalue weighted by atomic mass is 31.2. The van der Waals surface area contributed by atoms with E-state index in [0.29, 0.717) is 5.71 Å². The first-order valence-corrected chi connectivity index (χ1v) is 21.2. The number of benzene rings is 8. The molecule has 8 aromatic rings. The molecule has 3 nitrogen and oxygen atoms in total. The van der Waals surface area contributed by atoms with Gasteiger partial charge in [0.05, 0.1) is 11.4 Å². The first-order valence-electron chi connectivity index (χ1n) is 18.6. The molecule has 0 aliphatic carbocycles. The molecule has 1 aliphatic heterocycles. The van der Waals surface area contributed by atoms with Gasteiger partial charge >= 0.3 is 0 Å². The lowest BCUT2D eigenvalue weighted by Gasteiger charge is -2.27. The van der Waals surface area contributed by atoms with E-state index in [2.05, 4.69) is 127 Å². The van der Waals surface area contributed by atoms with E-state index in [1.807, 2.05) is 80.1 Å². The Bertz CT molecular complexity index is 2810. The fourth-order valence-electron chi connectivity index (χ4n) is 8.04. The van der Waals surface area contributed by atoms with Crippen molar-refractivity contribution in [3.05, 3.63) is 210 Å². The van der Waals surface area contributed by atoms with Crippen LogP contribution in [0.2, 0.25) is 0 Å². The van der Waals surface area contributed by atoms with Crippen LogP contribution in [0.1, 0.15) is 27.8 Å². The maximum atomic E-state index is 13.7. The van der Waals surface area contributed by atoms with E-state index in [1.165, 1.54) is 0 Å². The molecule has 8 aromatic carbocycles. The molecule has 2 N–H and O–H groups in total. The van der Waals surface area contributed by atoms with Crippen molar-refractivity contribution in [2.24, 2.45) is 0 Å². The highest BCUT2D eigenvalue weighted by molar-refractivity contribution is 7.71. The third-order valence-electron chi connectivity index (χ3n) is 10.5. The van der Waals surface area contributed by atoms with E-state index in [0.717, 1.165) is 93.9 Å². The molecular formula is C51H39N2OP. The van der Waals surface area contributed by atoms with E-state index in [4.69, 9.17) is 0 Å². The van der Waals surface area contributed by atoms with Crippen molar-refractivity contribution in [1.82, 2.24) is 5.32 Å². The summed E-state index contributed by atoms with van der Waals surface area (Å²) in [7, 11) is -2.58. The summed E-state index contributed by atoms with van der Waals surface area (Å²) >= 11 is 0. The smallest absolute Gasteiger partial charge is 0.111 e. The molecule has 0 radical (unpaired) electrons. The molecule has 0 atom stereocenters. The fraction of sp³-hybridized carbons (Fsp3) is 0.0392. The zero-order valence-electron chi connectivity index (χ0n) is 30.8. The monoisotopic (exact) mass is 726 g/mol. The predicted molar refractivity (Wildman–Crippen MR) is 235 cm³/mol. The first kappa shape index (κ1) is 34.2. The van der Waals surface area contributed by atoms with Gasteiger partial charge < -0.3 is 9.88 Å². The highest BCUT2D eigenvalue weighted by Crippen LogP contribution is 2.45. The van der Waals surface area contributed by atoms with Crippen LogP contribution < -0.4 is 10.6 Å². The summed E-state index contributed by atoms with van der Waals surface area (Å²) in [5.41, 5.74) is 12.7. The van der Waals surface area contributed by atoms with Gasteiger partial charge in [0, 0.05) is 27.7 Å². The second-order valence-electron chi connectivity index (χ2n) is 14.5. The Kier molecular flexibility index (Phi) is 8.73. The fourth-order valence-corrected chi connectivity index (χ4v) is 9.59. The molecular weight excluding hydrogens is 688 g/mol. The third-order valence-corrected chi connectivity index (χ3v) is 12.1. The van der Waals surface area contributed by atoms with Gasteiger partial charge in [-0.2, -0.15) is 0 Å². The third kappa shape index (κ3) is 6.33. The molecule has 1 heterocycles. The molecule has 9 rings (SSSR count). The summed E-state index contributed by atoms with van der Waals surface area (Å²) in [4.78, 5) is 0. The maximum absolute atomic E-state index is 13.7. The van der Waals surface area contributed by atoms with E-state index in [-0.39, 0.29) is 0 Å². The molecule has 1 aliphatic rings. The number of hydrogen-bond donors (Lipinski definition) is 2.